The predicted molar refractivity (Wildman–Crippen MR) is 141 cm³/mol. The molecule has 2 aromatic rings. The summed E-state index contributed by atoms with van der Waals surface area (Å²) in [5, 5.41) is 22.1. The molecule has 0 spiro atoms. The van der Waals surface area contributed by atoms with Crippen molar-refractivity contribution in [2.24, 2.45) is 0 Å². The van der Waals surface area contributed by atoms with Gasteiger partial charge in [-0.1, -0.05) is 77.9 Å². The molecule has 0 aliphatic carbocycles. The maximum atomic E-state index is 10.8. The third-order valence-electron chi connectivity index (χ3n) is 5.63. The Morgan fingerprint density at radius 2 is 1.59 bits per heavy atom. The van der Waals surface area contributed by atoms with E-state index >= 15 is 0 Å². The number of aromatic hydroxyl groups is 1. The largest absolute Gasteiger partial charge is 0.505 e. The Hall–Kier alpha value is -2.01. The lowest BCUT2D eigenvalue weighted by Crippen LogP contribution is -2.02. The van der Waals surface area contributed by atoms with Crippen molar-refractivity contribution >= 4 is 23.9 Å². The highest BCUT2D eigenvalue weighted by atomic mass is 32.2. The van der Waals surface area contributed by atoms with Gasteiger partial charge in [0.05, 0.1) is 0 Å². The van der Waals surface area contributed by atoms with E-state index in [0.717, 1.165) is 47.5 Å². The summed E-state index contributed by atoms with van der Waals surface area (Å²) in [4.78, 5) is 1.54. The highest BCUT2D eigenvalue weighted by molar-refractivity contribution is 8.02. The minimum Gasteiger partial charge on any atom is -0.505 e. The van der Waals surface area contributed by atoms with Crippen LogP contribution in [-0.4, -0.2) is 25.9 Å². The van der Waals surface area contributed by atoms with Crippen molar-refractivity contribution in [1.29, 1.82) is 0 Å². The normalized spacial score (nSPS) is 11.5. The van der Waals surface area contributed by atoms with E-state index in [1.165, 1.54) is 56.2 Å². The van der Waals surface area contributed by atoms with Crippen LogP contribution in [0, 0.1) is 6.92 Å². The fourth-order valence-corrected chi connectivity index (χ4v) is 4.48. The topological polar surface area (TPSA) is 50.9 Å². The third kappa shape index (κ3) is 8.50. The lowest BCUT2D eigenvalue weighted by atomic mass is 10.0. The van der Waals surface area contributed by atoms with Gasteiger partial charge < -0.3 is 5.11 Å². The van der Waals surface area contributed by atoms with Crippen molar-refractivity contribution in [2.75, 3.05) is 5.75 Å². The maximum Gasteiger partial charge on any atom is 0.146 e. The van der Waals surface area contributed by atoms with E-state index in [9.17, 15) is 5.11 Å². The van der Waals surface area contributed by atoms with Crippen LogP contribution in [0.3, 0.4) is 0 Å². The Morgan fingerprint density at radius 1 is 0.938 bits per heavy atom. The van der Waals surface area contributed by atoms with E-state index in [1.807, 2.05) is 30.8 Å². The lowest BCUT2D eigenvalue weighted by molar-refractivity contribution is 0.459. The number of phenols is 1. The molecule has 0 aliphatic heterocycles. The van der Waals surface area contributed by atoms with E-state index in [2.05, 4.69) is 42.1 Å². The smallest absolute Gasteiger partial charge is 0.146 e. The van der Waals surface area contributed by atoms with Gasteiger partial charge >= 0.3 is 0 Å². The van der Waals surface area contributed by atoms with Crippen LogP contribution in [-0.2, 0) is 6.42 Å². The zero-order valence-electron chi connectivity index (χ0n) is 20.3. The molecule has 1 aromatic heterocycles. The van der Waals surface area contributed by atoms with Crippen molar-refractivity contribution < 1.29 is 5.11 Å². The molecule has 2 rings (SSSR count). The fraction of sp³-hybridized carbons (Fsp3) is 0.556. The molecule has 1 aromatic carbocycles. The molecule has 5 heteroatoms. The second-order valence-electron chi connectivity index (χ2n) is 8.51. The van der Waals surface area contributed by atoms with Crippen LogP contribution in [0.2, 0.25) is 0 Å². The van der Waals surface area contributed by atoms with Crippen LogP contribution in [0.25, 0.3) is 17.8 Å². The second kappa shape index (κ2) is 14.9. The molecule has 176 valence electrons. The first kappa shape index (κ1) is 26.2. The van der Waals surface area contributed by atoms with Gasteiger partial charge in [0.2, 0.25) is 0 Å². The van der Waals surface area contributed by atoms with Crippen molar-refractivity contribution in [1.82, 2.24) is 15.0 Å². The Bertz CT molecular complexity index is 857. The summed E-state index contributed by atoms with van der Waals surface area (Å²) in [5.41, 5.74) is 4.19. The van der Waals surface area contributed by atoms with Crippen molar-refractivity contribution in [3.05, 3.63) is 46.6 Å². The Kier molecular flexibility index (Phi) is 12.3. The van der Waals surface area contributed by atoms with Crippen molar-refractivity contribution in [3.8, 4) is 11.4 Å². The molecule has 1 N–H and O–H groups in total. The molecule has 0 aliphatic rings. The van der Waals surface area contributed by atoms with Crippen LogP contribution >= 0.6 is 11.8 Å². The van der Waals surface area contributed by atoms with Gasteiger partial charge in [-0.15, -0.1) is 26.8 Å². The number of nitrogens with zero attached hydrogens (tertiary/aromatic N) is 3. The standard InChI is InChI=1S/C27H41N3OS/c1-5-8-10-11-12-13-14-15-18-32-19-17-25-24(7-3)28-30(29-25)26-21-22(4)20-23(27(26)31)16-9-6-2/h7,17,19-21,31H,3,5-6,8-16,18H2,1-2,4H3/b19-17+. The SMILES string of the molecule is C=Cc1nn(-c2cc(C)cc(CCCC)c2O)nc1/C=C/SCCCCCCCCCC. The van der Waals surface area contributed by atoms with E-state index in [0.29, 0.717) is 5.69 Å². The van der Waals surface area contributed by atoms with Gasteiger partial charge in [0, 0.05) is 0 Å². The first-order valence-corrected chi connectivity index (χ1v) is 13.4. The number of benzene rings is 1. The predicted octanol–water partition coefficient (Wildman–Crippen LogP) is 8.11. The Balaban J connectivity index is 1.92. The third-order valence-corrected chi connectivity index (χ3v) is 6.48. The van der Waals surface area contributed by atoms with Gasteiger partial charge in [0.15, 0.2) is 0 Å². The molecule has 0 saturated carbocycles. The summed E-state index contributed by atoms with van der Waals surface area (Å²) in [6.07, 6.45) is 17.5. The molecule has 1 heterocycles. The quantitative estimate of drug-likeness (QED) is 0.260. The summed E-state index contributed by atoms with van der Waals surface area (Å²) in [7, 11) is 0. The first-order valence-electron chi connectivity index (χ1n) is 12.3. The molecule has 0 atom stereocenters. The summed E-state index contributed by atoms with van der Waals surface area (Å²) in [5.74, 6) is 1.40. The van der Waals surface area contributed by atoms with Gasteiger partial charge in [-0.3, -0.25) is 0 Å². The van der Waals surface area contributed by atoms with Gasteiger partial charge in [-0.05, 0) is 66.7 Å². The van der Waals surface area contributed by atoms with Crippen LogP contribution in [0.15, 0.2) is 24.1 Å². The number of hydrogen-bond acceptors (Lipinski definition) is 4. The second-order valence-corrected chi connectivity index (χ2v) is 9.52. The van der Waals surface area contributed by atoms with Gasteiger partial charge in [-0.2, -0.15) is 0 Å². The van der Waals surface area contributed by atoms with E-state index in [1.54, 1.807) is 6.08 Å². The van der Waals surface area contributed by atoms with Crippen molar-refractivity contribution in [2.45, 2.75) is 91.4 Å². The molecule has 0 bridgehead atoms. The molecule has 0 radical (unpaired) electrons. The molecule has 4 nitrogen and oxygen atoms in total. The average Bonchev–Trinajstić information content (AvgIpc) is 3.20. The van der Waals surface area contributed by atoms with Crippen molar-refractivity contribution in [3.63, 3.8) is 0 Å². The maximum absolute atomic E-state index is 10.8. The van der Waals surface area contributed by atoms with E-state index in [4.69, 9.17) is 0 Å². The van der Waals surface area contributed by atoms with Gasteiger partial charge in [-0.25, -0.2) is 0 Å². The highest BCUT2D eigenvalue weighted by Gasteiger charge is 2.14. The van der Waals surface area contributed by atoms with Gasteiger partial charge in [0.25, 0.3) is 0 Å². The number of thioether (sulfide) groups is 1. The molecule has 0 fully saturated rings. The first-order chi connectivity index (χ1) is 15.6. The number of aromatic nitrogens is 3. The number of unbranched alkanes of at least 4 members (excludes halogenated alkanes) is 8. The molecule has 0 saturated heterocycles. The molecular weight excluding hydrogens is 414 g/mol. The molecule has 32 heavy (non-hydrogen) atoms. The zero-order valence-corrected chi connectivity index (χ0v) is 21.1. The van der Waals surface area contributed by atoms with Crippen LogP contribution < -0.4 is 0 Å². The van der Waals surface area contributed by atoms with Crippen LogP contribution in [0.5, 0.6) is 5.75 Å². The molecule has 0 unspecified atom stereocenters. The molecular formula is C27H41N3OS. The summed E-state index contributed by atoms with van der Waals surface area (Å²) >= 11 is 1.82. The lowest BCUT2D eigenvalue weighted by Gasteiger charge is -2.10. The number of phenolic OH excluding ortho intramolecular Hbond substituents is 1. The zero-order chi connectivity index (χ0) is 23.2. The summed E-state index contributed by atoms with van der Waals surface area (Å²) < 4.78 is 0. The van der Waals surface area contributed by atoms with Gasteiger partial charge in [0.1, 0.15) is 22.8 Å². The summed E-state index contributed by atoms with van der Waals surface area (Å²) in [6.45, 7) is 10.3. The average molecular weight is 456 g/mol. The van der Waals surface area contributed by atoms with Crippen LogP contribution in [0.4, 0.5) is 0 Å². The minimum absolute atomic E-state index is 0.272. The summed E-state index contributed by atoms with van der Waals surface area (Å²) in [6, 6.07) is 3.98. The number of aryl methyl sites for hydroxylation is 2. The highest BCUT2D eigenvalue weighted by Crippen LogP contribution is 2.29. The Morgan fingerprint density at radius 3 is 2.28 bits per heavy atom. The Labute approximate surface area is 199 Å². The fourth-order valence-electron chi connectivity index (χ4n) is 3.74. The molecule has 0 amide bonds. The number of hydrogen-bond donors (Lipinski definition) is 1. The number of rotatable bonds is 16. The monoisotopic (exact) mass is 455 g/mol. The van der Waals surface area contributed by atoms with Crippen LogP contribution in [0.1, 0.15) is 101 Å². The van der Waals surface area contributed by atoms with E-state index in [-0.39, 0.29) is 5.75 Å². The minimum atomic E-state index is 0.272. The van der Waals surface area contributed by atoms with E-state index < -0.39 is 0 Å².